The highest BCUT2D eigenvalue weighted by atomic mass is 35.5. The van der Waals surface area contributed by atoms with Crippen molar-refractivity contribution in [3.05, 3.63) is 94.3 Å². The Bertz CT molecular complexity index is 1120. The molecular formula is C25H25ClN4O2. The van der Waals surface area contributed by atoms with Crippen molar-refractivity contribution >= 4 is 17.5 Å². The van der Waals surface area contributed by atoms with Gasteiger partial charge in [0.05, 0.1) is 16.4 Å². The first-order chi connectivity index (χ1) is 15.5. The topological polar surface area (TPSA) is 66.5 Å². The van der Waals surface area contributed by atoms with Gasteiger partial charge >= 0.3 is 0 Å². The number of rotatable bonds is 6. The number of benzene rings is 1. The predicted molar refractivity (Wildman–Crippen MR) is 123 cm³/mol. The average molecular weight is 449 g/mol. The summed E-state index contributed by atoms with van der Waals surface area (Å²) in [6, 6.07) is 10.7. The van der Waals surface area contributed by atoms with Crippen LogP contribution in [0.2, 0.25) is 5.02 Å². The molecule has 0 bridgehead atoms. The number of hydrogen-bond acceptors (Lipinski definition) is 5. The van der Waals surface area contributed by atoms with Crippen molar-refractivity contribution in [1.29, 1.82) is 0 Å². The van der Waals surface area contributed by atoms with Gasteiger partial charge in [-0.25, -0.2) is 0 Å². The summed E-state index contributed by atoms with van der Waals surface area (Å²) < 4.78 is 5.74. The summed E-state index contributed by atoms with van der Waals surface area (Å²) in [7, 11) is 0. The highest BCUT2D eigenvalue weighted by molar-refractivity contribution is 6.30. The van der Waals surface area contributed by atoms with Gasteiger partial charge < -0.3 is 20.3 Å². The van der Waals surface area contributed by atoms with E-state index in [4.69, 9.17) is 16.3 Å². The van der Waals surface area contributed by atoms with Gasteiger partial charge in [0, 0.05) is 35.3 Å². The summed E-state index contributed by atoms with van der Waals surface area (Å²) >= 11 is 5.85. The average Bonchev–Trinajstić information content (AvgIpc) is 3.44. The van der Waals surface area contributed by atoms with Crippen LogP contribution in [0.4, 0.5) is 0 Å². The Labute approximate surface area is 192 Å². The van der Waals surface area contributed by atoms with E-state index in [-0.39, 0.29) is 12.1 Å². The van der Waals surface area contributed by atoms with E-state index in [2.05, 4.69) is 40.4 Å². The molecule has 3 heterocycles. The van der Waals surface area contributed by atoms with Crippen LogP contribution in [0.15, 0.2) is 78.0 Å². The summed E-state index contributed by atoms with van der Waals surface area (Å²) in [6.45, 7) is 4.76. The van der Waals surface area contributed by atoms with Gasteiger partial charge in [0.1, 0.15) is 18.5 Å². The maximum absolute atomic E-state index is 12.7. The number of aromatic nitrogens is 1. The van der Waals surface area contributed by atoms with Gasteiger partial charge in [-0.15, -0.1) is 0 Å². The van der Waals surface area contributed by atoms with Crippen LogP contribution in [0.3, 0.4) is 0 Å². The number of carbonyl (C=O) groups is 1. The van der Waals surface area contributed by atoms with Crippen LogP contribution in [0.25, 0.3) is 0 Å². The van der Waals surface area contributed by atoms with Crippen LogP contribution in [-0.4, -0.2) is 22.0 Å². The van der Waals surface area contributed by atoms with Crippen molar-refractivity contribution in [3.8, 4) is 5.75 Å². The number of carbonyl (C=O) groups excluding carboxylic acids is 1. The van der Waals surface area contributed by atoms with Gasteiger partial charge in [-0.3, -0.25) is 9.78 Å². The SMILES string of the molecule is CC1=C(C2CC2C)NC2C=CC(NC(=O)c3ccc(OCc4ccc(Cl)cn4)cc3)=CN12. The molecule has 2 aromatic rings. The van der Waals surface area contributed by atoms with Crippen LogP contribution >= 0.6 is 11.6 Å². The molecule has 7 heteroatoms. The molecule has 1 amide bonds. The predicted octanol–water partition coefficient (Wildman–Crippen LogP) is 4.57. The fraction of sp³-hybridized carbons (Fsp3) is 0.280. The second-order valence-corrected chi connectivity index (χ2v) is 8.93. The first kappa shape index (κ1) is 20.6. The Hall–Kier alpha value is -3.25. The molecule has 3 aliphatic rings. The van der Waals surface area contributed by atoms with Gasteiger partial charge in [0.2, 0.25) is 0 Å². The van der Waals surface area contributed by atoms with Crippen LogP contribution in [0.5, 0.6) is 5.75 Å². The minimum Gasteiger partial charge on any atom is -0.487 e. The third-order valence-electron chi connectivity index (χ3n) is 6.15. The molecule has 1 saturated carbocycles. The van der Waals surface area contributed by atoms with Crippen LogP contribution < -0.4 is 15.4 Å². The van der Waals surface area contributed by atoms with Crippen molar-refractivity contribution in [2.24, 2.45) is 11.8 Å². The number of amides is 1. The Balaban J connectivity index is 1.20. The van der Waals surface area contributed by atoms with E-state index < -0.39 is 0 Å². The third-order valence-corrected chi connectivity index (χ3v) is 6.37. The zero-order valence-electron chi connectivity index (χ0n) is 18.0. The lowest BCUT2D eigenvalue weighted by Crippen LogP contribution is -2.36. The summed E-state index contributed by atoms with van der Waals surface area (Å²) in [4.78, 5) is 19.1. The van der Waals surface area contributed by atoms with Crippen molar-refractivity contribution in [2.45, 2.75) is 33.0 Å². The maximum atomic E-state index is 12.7. The Morgan fingerprint density at radius 3 is 2.75 bits per heavy atom. The van der Waals surface area contributed by atoms with Crippen molar-refractivity contribution < 1.29 is 9.53 Å². The molecule has 6 nitrogen and oxygen atoms in total. The Kier molecular flexibility index (Phi) is 5.39. The van der Waals surface area contributed by atoms with E-state index in [0.29, 0.717) is 28.9 Å². The molecule has 3 unspecified atom stereocenters. The zero-order valence-corrected chi connectivity index (χ0v) is 18.8. The number of hydrogen-bond donors (Lipinski definition) is 2. The van der Waals surface area contributed by atoms with Gasteiger partial charge in [-0.1, -0.05) is 18.5 Å². The lowest BCUT2D eigenvalue weighted by Gasteiger charge is -2.26. The molecule has 5 rings (SSSR count). The number of halogens is 1. The second kappa shape index (κ2) is 8.36. The highest BCUT2D eigenvalue weighted by Crippen LogP contribution is 2.46. The molecule has 0 saturated heterocycles. The second-order valence-electron chi connectivity index (χ2n) is 8.49. The molecule has 1 fully saturated rings. The molecule has 2 N–H and O–H groups in total. The van der Waals surface area contributed by atoms with Crippen molar-refractivity contribution in [2.75, 3.05) is 0 Å². The first-order valence-electron chi connectivity index (χ1n) is 10.8. The molecule has 1 aliphatic carbocycles. The van der Waals surface area contributed by atoms with Crippen LogP contribution in [0.1, 0.15) is 36.3 Å². The number of pyridine rings is 1. The summed E-state index contributed by atoms with van der Waals surface area (Å²) in [6.07, 6.45) is 9.00. The zero-order chi connectivity index (χ0) is 22.2. The maximum Gasteiger partial charge on any atom is 0.255 e. The molecule has 2 aliphatic heterocycles. The molecule has 164 valence electrons. The fourth-order valence-corrected chi connectivity index (χ4v) is 4.23. The molecular weight excluding hydrogens is 424 g/mol. The standard InChI is InChI=1S/C25H25ClN4O2/c1-15-11-22(15)24-16(2)30-13-19(7-10-23(30)29-24)28-25(31)17-3-8-21(9-4-17)32-14-20-6-5-18(26)12-27-20/h3-10,12-13,15,22-23,29H,11,14H2,1-2H3,(H,28,31). The number of allylic oxidation sites excluding steroid dienone is 3. The molecule has 32 heavy (non-hydrogen) atoms. The van der Waals surface area contributed by atoms with Gasteiger partial charge in [-0.2, -0.15) is 0 Å². The smallest absolute Gasteiger partial charge is 0.255 e. The third kappa shape index (κ3) is 4.23. The minimum absolute atomic E-state index is 0.130. The van der Waals surface area contributed by atoms with Gasteiger partial charge in [0.15, 0.2) is 0 Å². The molecule has 0 spiro atoms. The van der Waals surface area contributed by atoms with E-state index in [1.165, 1.54) is 17.8 Å². The highest BCUT2D eigenvalue weighted by Gasteiger charge is 2.42. The van der Waals surface area contributed by atoms with E-state index in [9.17, 15) is 4.79 Å². The summed E-state index contributed by atoms with van der Waals surface area (Å²) in [5.74, 6) is 1.89. The van der Waals surface area contributed by atoms with Crippen LogP contribution in [0, 0.1) is 11.8 Å². The number of nitrogens with zero attached hydrogens (tertiary/aromatic N) is 2. The minimum atomic E-state index is -0.157. The molecule has 3 atom stereocenters. The Morgan fingerprint density at radius 2 is 2.06 bits per heavy atom. The largest absolute Gasteiger partial charge is 0.487 e. The fourth-order valence-electron chi connectivity index (χ4n) is 4.12. The van der Waals surface area contributed by atoms with E-state index in [1.54, 1.807) is 36.5 Å². The first-order valence-corrected chi connectivity index (χ1v) is 11.2. The van der Waals surface area contributed by atoms with Crippen molar-refractivity contribution in [1.82, 2.24) is 20.5 Å². The number of ether oxygens (including phenoxy) is 1. The molecule has 1 aromatic heterocycles. The quantitative estimate of drug-likeness (QED) is 0.677. The van der Waals surface area contributed by atoms with E-state index in [1.807, 2.05) is 18.3 Å². The van der Waals surface area contributed by atoms with Gasteiger partial charge in [-0.05, 0) is 67.8 Å². The van der Waals surface area contributed by atoms with Crippen molar-refractivity contribution in [3.63, 3.8) is 0 Å². The number of fused-ring (bicyclic) bond motifs is 1. The van der Waals surface area contributed by atoms with E-state index in [0.717, 1.165) is 17.3 Å². The normalized spacial score (nSPS) is 23.4. The van der Waals surface area contributed by atoms with E-state index >= 15 is 0 Å². The Morgan fingerprint density at radius 1 is 1.28 bits per heavy atom. The lowest BCUT2D eigenvalue weighted by atomic mass is 10.2. The monoisotopic (exact) mass is 448 g/mol. The van der Waals surface area contributed by atoms with Crippen LogP contribution in [-0.2, 0) is 6.61 Å². The van der Waals surface area contributed by atoms with Gasteiger partial charge in [0.25, 0.3) is 5.91 Å². The molecule has 0 radical (unpaired) electrons. The summed E-state index contributed by atoms with van der Waals surface area (Å²) in [5.41, 5.74) is 4.69. The lowest BCUT2D eigenvalue weighted by molar-refractivity contribution is 0.0966. The molecule has 1 aromatic carbocycles. The summed E-state index contributed by atoms with van der Waals surface area (Å²) in [5, 5.41) is 7.20. The number of nitrogens with one attached hydrogen (secondary N) is 2.